The van der Waals surface area contributed by atoms with Gasteiger partial charge < -0.3 is 0 Å². The fourth-order valence-electron chi connectivity index (χ4n) is 1.81. The monoisotopic (exact) mass is 190 g/mol. The van der Waals surface area contributed by atoms with Crippen LogP contribution in [0.25, 0.3) is 0 Å². The summed E-state index contributed by atoms with van der Waals surface area (Å²) in [6, 6.07) is 1.72. The van der Waals surface area contributed by atoms with Crippen LogP contribution in [0.4, 0.5) is 0 Å². The summed E-state index contributed by atoms with van der Waals surface area (Å²) < 4.78 is 1.51. The molecule has 0 spiro atoms. The number of fused-ring (bicyclic) bond motifs is 1. The molecule has 0 aliphatic heterocycles. The predicted octanol–water partition coefficient (Wildman–Crippen LogP) is 1.31. The second-order valence-corrected chi connectivity index (χ2v) is 3.92. The molecule has 0 atom stereocenters. The average Bonchev–Trinajstić information content (AvgIpc) is 2.51. The van der Waals surface area contributed by atoms with E-state index in [4.69, 9.17) is 0 Å². The van der Waals surface area contributed by atoms with Gasteiger partial charge >= 0.3 is 0 Å². The second kappa shape index (κ2) is 3.40. The van der Waals surface area contributed by atoms with Crippen LogP contribution in [-0.4, -0.2) is 9.78 Å². The van der Waals surface area contributed by atoms with Gasteiger partial charge in [-0.1, -0.05) is 12.2 Å². The number of rotatable bonds is 2. The van der Waals surface area contributed by atoms with E-state index in [2.05, 4.69) is 11.7 Å². The minimum atomic E-state index is -0.00588. The molecule has 1 aromatic heterocycles. The third-order valence-corrected chi connectivity index (χ3v) is 2.44. The van der Waals surface area contributed by atoms with Crippen LogP contribution in [0, 0.1) is 0 Å². The Balaban J connectivity index is 2.42. The molecule has 0 unspecified atom stereocenters. The fourth-order valence-corrected chi connectivity index (χ4v) is 1.81. The highest BCUT2D eigenvalue weighted by Gasteiger charge is 2.14. The minimum absolute atomic E-state index is 0.00588. The molecule has 0 bridgehead atoms. The van der Waals surface area contributed by atoms with Gasteiger partial charge in [-0.2, -0.15) is 5.10 Å². The first kappa shape index (κ1) is 9.19. The Morgan fingerprint density at radius 1 is 1.64 bits per heavy atom. The van der Waals surface area contributed by atoms with Gasteiger partial charge in [0, 0.05) is 6.07 Å². The zero-order valence-corrected chi connectivity index (χ0v) is 8.42. The number of nitrogens with zero attached hydrogens (tertiary/aromatic N) is 2. The summed E-state index contributed by atoms with van der Waals surface area (Å²) in [4.78, 5) is 11.6. The first-order valence-electron chi connectivity index (χ1n) is 4.91. The molecule has 2 rings (SSSR count). The minimum Gasteiger partial charge on any atom is -0.268 e. The molecule has 3 heteroatoms. The second-order valence-electron chi connectivity index (χ2n) is 3.92. The molecule has 74 valence electrons. The summed E-state index contributed by atoms with van der Waals surface area (Å²) >= 11 is 0. The molecular weight excluding hydrogens is 176 g/mol. The lowest BCUT2D eigenvalue weighted by atomic mass is 10.2. The van der Waals surface area contributed by atoms with E-state index in [1.54, 1.807) is 6.07 Å². The molecule has 1 heterocycles. The van der Waals surface area contributed by atoms with Gasteiger partial charge in [0.2, 0.25) is 0 Å². The molecule has 0 radical (unpaired) electrons. The molecule has 14 heavy (non-hydrogen) atoms. The zero-order valence-electron chi connectivity index (χ0n) is 8.42. The Kier molecular flexibility index (Phi) is 2.23. The molecule has 0 amide bonds. The maximum absolute atomic E-state index is 11.6. The highest BCUT2D eigenvalue weighted by molar-refractivity contribution is 5.22. The maximum Gasteiger partial charge on any atom is 0.267 e. The molecule has 0 saturated carbocycles. The van der Waals surface area contributed by atoms with E-state index in [0.717, 1.165) is 36.1 Å². The standard InChI is InChI=1S/C11H14N2O/c1-8(2)7-13-11(14)6-9-4-3-5-10(9)12-13/h6H,1,3-5,7H2,2H3. The molecule has 1 aliphatic carbocycles. The number of aromatic nitrogens is 2. The van der Waals surface area contributed by atoms with E-state index < -0.39 is 0 Å². The molecule has 1 aromatic rings. The number of hydrogen-bond donors (Lipinski definition) is 0. The van der Waals surface area contributed by atoms with Crippen molar-refractivity contribution in [2.75, 3.05) is 0 Å². The third kappa shape index (κ3) is 1.62. The van der Waals surface area contributed by atoms with Crippen molar-refractivity contribution in [2.24, 2.45) is 0 Å². The smallest absolute Gasteiger partial charge is 0.267 e. The van der Waals surface area contributed by atoms with Gasteiger partial charge in [-0.05, 0) is 31.7 Å². The van der Waals surface area contributed by atoms with Crippen molar-refractivity contribution in [3.05, 3.63) is 39.8 Å². The quantitative estimate of drug-likeness (QED) is 0.659. The SMILES string of the molecule is C=C(C)Cn1nc2c(cc1=O)CCC2. The summed E-state index contributed by atoms with van der Waals surface area (Å²) in [5.74, 6) is 0. The third-order valence-electron chi connectivity index (χ3n) is 2.44. The Labute approximate surface area is 83.1 Å². The van der Waals surface area contributed by atoms with Gasteiger partial charge in [0.15, 0.2) is 0 Å². The largest absolute Gasteiger partial charge is 0.268 e. The van der Waals surface area contributed by atoms with Crippen molar-refractivity contribution >= 4 is 0 Å². The van der Waals surface area contributed by atoms with Gasteiger partial charge in [0.05, 0.1) is 12.2 Å². The molecule has 3 nitrogen and oxygen atoms in total. The molecule has 0 saturated heterocycles. The molecular formula is C11H14N2O. The Hall–Kier alpha value is -1.38. The van der Waals surface area contributed by atoms with E-state index in [1.807, 2.05) is 6.92 Å². The Morgan fingerprint density at radius 3 is 3.14 bits per heavy atom. The molecule has 1 aliphatic rings. The van der Waals surface area contributed by atoms with Crippen LogP contribution >= 0.6 is 0 Å². The number of hydrogen-bond acceptors (Lipinski definition) is 2. The highest BCUT2D eigenvalue weighted by atomic mass is 16.1. The van der Waals surface area contributed by atoms with Crippen LogP contribution in [-0.2, 0) is 19.4 Å². The van der Waals surface area contributed by atoms with Gasteiger partial charge in [-0.3, -0.25) is 4.79 Å². The summed E-state index contributed by atoms with van der Waals surface area (Å²) in [6.07, 6.45) is 3.14. The van der Waals surface area contributed by atoms with E-state index in [0.29, 0.717) is 6.54 Å². The summed E-state index contributed by atoms with van der Waals surface area (Å²) in [7, 11) is 0. The number of allylic oxidation sites excluding steroid dienone is 1. The van der Waals surface area contributed by atoms with E-state index in [9.17, 15) is 4.79 Å². The van der Waals surface area contributed by atoms with E-state index in [-0.39, 0.29) is 5.56 Å². The molecule has 0 N–H and O–H groups in total. The van der Waals surface area contributed by atoms with Crippen molar-refractivity contribution < 1.29 is 0 Å². The first-order chi connectivity index (χ1) is 6.66. The van der Waals surface area contributed by atoms with E-state index >= 15 is 0 Å². The lowest BCUT2D eigenvalue weighted by molar-refractivity contribution is 0.616. The van der Waals surface area contributed by atoms with Crippen molar-refractivity contribution in [2.45, 2.75) is 32.7 Å². The lowest BCUT2D eigenvalue weighted by Crippen LogP contribution is -2.24. The van der Waals surface area contributed by atoms with Crippen molar-refractivity contribution in [1.29, 1.82) is 0 Å². The van der Waals surface area contributed by atoms with E-state index in [1.165, 1.54) is 4.68 Å². The predicted molar refractivity (Wildman–Crippen MR) is 55.3 cm³/mol. The van der Waals surface area contributed by atoms with Crippen LogP contribution in [0.1, 0.15) is 24.6 Å². The topological polar surface area (TPSA) is 34.9 Å². The van der Waals surface area contributed by atoms with Crippen LogP contribution in [0.5, 0.6) is 0 Å². The van der Waals surface area contributed by atoms with Crippen molar-refractivity contribution in [3.8, 4) is 0 Å². The van der Waals surface area contributed by atoms with Gasteiger partial charge in [0.1, 0.15) is 0 Å². The summed E-state index contributed by atoms with van der Waals surface area (Å²) in [6.45, 7) is 6.22. The van der Waals surface area contributed by atoms with Crippen LogP contribution in [0.3, 0.4) is 0 Å². The van der Waals surface area contributed by atoms with Crippen molar-refractivity contribution in [3.63, 3.8) is 0 Å². The average molecular weight is 190 g/mol. The van der Waals surface area contributed by atoms with Gasteiger partial charge in [-0.25, -0.2) is 4.68 Å². The summed E-state index contributed by atoms with van der Waals surface area (Å²) in [5.41, 5.74) is 3.17. The fraction of sp³-hybridized carbons (Fsp3) is 0.455. The first-order valence-corrected chi connectivity index (χ1v) is 4.91. The highest BCUT2D eigenvalue weighted by Crippen LogP contribution is 2.16. The normalized spacial score (nSPS) is 14.1. The van der Waals surface area contributed by atoms with Gasteiger partial charge in [-0.15, -0.1) is 0 Å². The van der Waals surface area contributed by atoms with Crippen LogP contribution in [0.15, 0.2) is 23.0 Å². The summed E-state index contributed by atoms with van der Waals surface area (Å²) in [5, 5.41) is 4.34. The van der Waals surface area contributed by atoms with Gasteiger partial charge in [0.25, 0.3) is 5.56 Å². The van der Waals surface area contributed by atoms with Crippen LogP contribution < -0.4 is 5.56 Å². The Bertz CT molecular complexity index is 431. The van der Waals surface area contributed by atoms with Crippen molar-refractivity contribution in [1.82, 2.24) is 9.78 Å². The molecule has 0 aromatic carbocycles. The Morgan fingerprint density at radius 2 is 2.43 bits per heavy atom. The maximum atomic E-state index is 11.6. The number of aryl methyl sites for hydroxylation is 2. The molecule has 0 fully saturated rings. The lowest BCUT2D eigenvalue weighted by Gasteiger charge is -2.05. The zero-order chi connectivity index (χ0) is 10.1. The van der Waals surface area contributed by atoms with Crippen LogP contribution in [0.2, 0.25) is 0 Å².